The van der Waals surface area contributed by atoms with Crippen LogP contribution in [0, 0.1) is 15.5 Å². The fourth-order valence-electron chi connectivity index (χ4n) is 7.13. The van der Waals surface area contributed by atoms with Crippen LogP contribution < -0.4 is 14.4 Å². The lowest BCUT2D eigenvalue weighted by atomic mass is 9.91. The summed E-state index contributed by atoms with van der Waals surface area (Å²) in [4.78, 5) is 25.5. The van der Waals surface area contributed by atoms with Gasteiger partial charge < -0.3 is 19.1 Å². The molecule has 0 unspecified atom stereocenters. The van der Waals surface area contributed by atoms with E-state index in [1.165, 1.54) is 121 Å². The molecule has 0 aromatic heterocycles. The first-order chi connectivity index (χ1) is 32.1. The second kappa shape index (κ2) is 29.5. The number of hydrogen-bond acceptors (Lipinski definition) is 13. The summed E-state index contributed by atoms with van der Waals surface area (Å²) in [5.74, 6) is 0.712. The Hall–Kier alpha value is -6.05. The van der Waals surface area contributed by atoms with Crippen molar-refractivity contribution in [3.63, 3.8) is 0 Å². The van der Waals surface area contributed by atoms with Crippen LogP contribution in [-0.2, 0) is 9.53 Å². The van der Waals surface area contributed by atoms with Gasteiger partial charge in [-0.3, -0.25) is 14.9 Å². The van der Waals surface area contributed by atoms with Crippen LogP contribution in [0.3, 0.4) is 0 Å². The Kier molecular flexibility index (Phi) is 23.5. The number of anilines is 1. The van der Waals surface area contributed by atoms with E-state index in [-0.39, 0.29) is 11.7 Å². The minimum absolute atomic E-state index is 0.0120. The molecule has 356 valence electrons. The predicted molar refractivity (Wildman–Crippen MR) is 265 cm³/mol. The van der Waals surface area contributed by atoms with Crippen LogP contribution in [-0.4, -0.2) is 44.8 Å². The number of nitrogens with zero attached hydrogens (tertiary/aromatic N) is 8. The first-order valence-corrected chi connectivity index (χ1v) is 23.9. The van der Waals surface area contributed by atoms with Gasteiger partial charge in [-0.2, -0.15) is 20.5 Å². The fourth-order valence-corrected chi connectivity index (χ4v) is 7.13. The van der Waals surface area contributed by atoms with Crippen LogP contribution in [0.1, 0.15) is 137 Å². The van der Waals surface area contributed by atoms with Gasteiger partial charge >= 0.3 is 5.97 Å². The summed E-state index contributed by atoms with van der Waals surface area (Å²) in [6.07, 6.45) is 22.0. The van der Waals surface area contributed by atoms with Crippen molar-refractivity contribution in [2.45, 2.75) is 137 Å². The number of esters is 1. The Morgan fingerprint density at radius 2 is 0.939 bits per heavy atom. The van der Waals surface area contributed by atoms with Crippen molar-refractivity contribution >= 4 is 51.5 Å². The lowest BCUT2D eigenvalue weighted by Crippen LogP contribution is -2.32. The van der Waals surface area contributed by atoms with Gasteiger partial charge in [0.25, 0.3) is 5.69 Å². The molecule has 4 aromatic rings. The number of ether oxygens (including phenoxy) is 3. The first kappa shape index (κ1) is 52.6. The number of methoxy groups -OCH3 is 2. The molecule has 0 N–H and O–H groups in total. The number of non-ortho nitro benzene ring substituents is 1. The van der Waals surface area contributed by atoms with E-state index in [0.717, 1.165) is 25.1 Å². The number of rotatable bonds is 32. The standard InChI is InChI=1S/C52H72N8O6/c1-7-9-10-11-12-13-14-15-16-17-18-19-20-21-22-23-36-59(37-38-66-51(61)52(3,4)8-2)45-32-28-44(29-33-45)56-58-48-40-49(64-5)47(39-50(48)65-6)57-55-42-26-24-41(25-27-42)53-54-43-30-34-46(35-31-43)60(62)63/h24-35,39-40H,7-23,36-38H2,1-6H3. The van der Waals surface area contributed by atoms with E-state index >= 15 is 0 Å². The van der Waals surface area contributed by atoms with Crippen molar-refractivity contribution in [1.82, 2.24) is 0 Å². The normalized spacial score (nSPS) is 11.8. The smallest absolute Gasteiger partial charge is 0.311 e. The highest BCUT2D eigenvalue weighted by Gasteiger charge is 2.27. The molecule has 0 atom stereocenters. The predicted octanol–water partition coefficient (Wildman–Crippen LogP) is 16.9. The maximum Gasteiger partial charge on any atom is 0.311 e. The van der Waals surface area contributed by atoms with Crippen LogP contribution in [0.25, 0.3) is 0 Å². The van der Waals surface area contributed by atoms with Crippen molar-refractivity contribution in [2.75, 3.05) is 38.8 Å². The molecule has 0 saturated heterocycles. The van der Waals surface area contributed by atoms with E-state index in [0.29, 0.717) is 58.8 Å². The van der Waals surface area contributed by atoms with E-state index in [4.69, 9.17) is 14.2 Å². The van der Waals surface area contributed by atoms with Gasteiger partial charge in [0.15, 0.2) is 0 Å². The van der Waals surface area contributed by atoms with Crippen molar-refractivity contribution in [3.05, 3.63) is 95.0 Å². The summed E-state index contributed by atoms with van der Waals surface area (Å²) < 4.78 is 17.0. The zero-order chi connectivity index (χ0) is 47.4. The van der Waals surface area contributed by atoms with E-state index in [1.54, 1.807) is 50.6 Å². The monoisotopic (exact) mass is 905 g/mol. The summed E-state index contributed by atoms with van der Waals surface area (Å²) in [5.41, 5.74) is 3.72. The summed E-state index contributed by atoms with van der Waals surface area (Å²) in [6.45, 7) is 9.94. The highest BCUT2D eigenvalue weighted by molar-refractivity contribution is 5.75. The number of azo groups is 3. The lowest BCUT2D eigenvalue weighted by molar-refractivity contribution is -0.384. The third-order valence-electron chi connectivity index (χ3n) is 11.7. The van der Waals surface area contributed by atoms with Gasteiger partial charge in [0.05, 0.1) is 53.9 Å². The minimum Gasteiger partial charge on any atom is -0.494 e. The zero-order valence-electron chi connectivity index (χ0n) is 40.3. The summed E-state index contributed by atoms with van der Waals surface area (Å²) in [6, 6.07) is 24.1. The number of benzene rings is 4. The van der Waals surface area contributed by atoms with Gasteiger partial charge in [-0.15, -0.1) is 10.2 Å². The van der Waals surface area contributed by atoms with Crippen LogP contribution >= 0.6 is 0 Å². The molecule has 0 aliphatic carbocycles. The van der Waals surface area contributed by atoms with Crippen LogP contribution in [0.4, 0.5) is 45.5 Å². The third-order valence-corrected chi connectivity index (χ3v) is 11.7. The summed E-state index contributed by atoms with van der Waals surface area (Å²) in [7, 11) is 3.09. The number of carbonyl (C=O) groups is 1. The van der Waals surface area contributed by atoms with Crippen molar-refractivity contribution < 1.29 is 23.9 Å². The minimum atomic E-state index is -0.506. The number of unbranched alkanes of at least 4 members (excludes halogenated alkanes) is 15. The molecule has 0 radical (unpaired) electrons. The van der Waals surface area contributed by atoms with Crippen molar-refractivity contribution in [2.24, 2.45) is 36.1 Å². The van der Waals surface area contributed by atoms with E-state index in [9.17, 15) is 14.9 Å². The van der Waals surface area contributed by atoms with Crippen molar-refractivity contribution in [1.29, 1.82) is 0 Å². The maximum absolute atomic E-state index is 12.7. The number of hydrogen-bond donors (Lipinski definition) is 0. The second-order valence-electron chi connectivity index (χ2n) is 17.3. The molecule has 0 amide bonds. The quantitative estimate of drug-likeness (QED) is 0.0155. The highest BCUT2D eigenvalue weighted by Crippen LogP contribution is 2.41. The van der Waals surface area contributed by atoms with E-state index in [2.05, 4.69) is 42.5 Å². The number of carbonyl (C=O) groups excluding carboxylic acids is 1. The molecule has 66 heavy (non-hydrogen) atoms. The van der Waals surface area contributed by atoms with Gasteiger partial charge in [-0.25, -0.2) is 0 Å². The van der Waals surface area contributed by atoms with Gasteiger partial charge in [0, 0.05) is 36.5 Å². The molecular weight excluding hydrogens is 833 g/mol. The summed E-state index contributed by atoms with van der Waals surface area (Å²) in [5, 5.41) is 37.0. The SMILES string of the molecule is CCCCCCCCCCCCCCCCCCN(CCOC(=O)C(C)(C)CC)c1ccc(N=Nc2cc(OC)c(N=Nc3ccc(N=Nc4ccc([N+](=O)[O-])cc4)cc3)cc2OC)cc1. The van der Waals surface area contributed by atoms with Gasteiger partial charge in [0.2, 0.25) is 0 Å². The van der Waals surface area contributed by atoms with Crippen LogP contribution in [0.15, 0.2) is 116 Å². The molecule has 0 aliphatic heterocycles. The topological polar surface area (TPSA) is 165 Å². The zero-order valence-corrected chi connectivity index (χ0v) is 40.3. The van der Waals surface area contributed by atoms with Gasteiger partial charge in [0.1, 0.15) is 29.5 Å². The average Bonchev–Trinajstić information content (AvgIpc) is 3.34. The van der Waals surface area contributed by atoms with Crippen LogP contribution in [0.2, 0.25) is 0 Å². The Bertz CT molecular complexity index is 2120. The number of nitro benzene ring substituents is 1. The Morgan fingerprint density at radius 1 is 0.561 bits per heavy atom. The molecule has 0 heterocycles. The summed E-state index contributed by atoms with van der Waals surface area (Å²) >= 11 is 0. The molecule has 4 aromatic carbocycles. The van der Waals surface area contributed by atoms with Crippen LogP contribution in [0.5, 0.6) is 11.5 Å². The van der Waals surface area contributed by atoms with Gasteiger partial charge in [-0.05, 0) is 87.4 Å². The molecule has 0 fully saturated rings. The highest BCUT2D eigenvalue weighted by atomic mass is 16.6. The molecular formula is C52H72N8O6. The maximum atomic E-state index is 12.7. The molecule has 14 heteroatoms. The first-order valence-electron chi connectivity index (χ1n) is 23.9. The van der Waals surface area contributed by atoms with Gasteiger partial charge in [-0.1, -0.05) is 110 Å². The molecule has 0 bridgehead atoms. The van der Waals surface area contributed by atoms with E-state index < -0.39 is 10.3 Å². The fraction of sp³-hybridized carbons (Fsp3) is 0.519. The molecule has 0 saturated carbocycles. The van der Waals surface area contributed by atoms with E-state index in [1.807, 2.05) is 45.0 Å². The Balaban J connectivity index is 1.31. The average molecular weight is 905 g/mol. The molecule has 0 spiro atoms. The largest absolute Gasteiger partial charge is 0.494 e. The van der Waals surface area contributed by atoms with Crippen molar-refractivity contribution in [3.8, 4) is 11.5 Å². The lowest BCUT2D eigenvalue weighted by Gasteiger charge is -2.26. The molecule has 0 aliphatic rings. The molecule has 14 nitrogen and oxygen atoms in total. The molecule has 4 rings (SSSR count). The Labute approximate surface area is 392 Å². The third kappa shape index (κ3) is 18.8. The number of nitro groups is 1. The Morgan fingerprint density at radius 3 is 1.33 bits per heavy atom. The second-order valence-corrected chi connectivity index (χ2v) is 17.3.